The van der Waals surface area contributed by atoms with Crippen molar-refractivity contribution in [1.82, 2.24) is 9.80 Å². The summed E-state index contributed by atoms with van der Waals surface area (Å²) in [5.41, 5.74) is -0.252. The summed E-state index contributed by atoms with van der Waals surface area (Å²) in [6, 6.07) is 11.5. The summed E-state index contributed by atoms with van der Waals surface area (Å²) in [6.45, 7) is 7.21. The van der Waals surface area contributed by atoms with Crippen LogP contribution in [-0.2, 0) is 9.78 Å². The molecule has 10 nitrogen and oxygen atoms in total. The van der Waals surface area contributed by atoms with Gasteiger partial charge in [0, 0.05) is 26.2 Å². The second-order valence-corrected chi connectivity index (χ2v) is 7.88. The zero-order valence-electron chi connectivity index (χ0n) is 19.9. The largest absolute Gasteiger partial charge is 0.415 e. The van der Waals surface area contributed by atoms with Crippen LogP contribution in [0.1, 0.15) is 48.4 Å². The highest BCUT2D eigenvalue weighted by atomic mass is 17.2. The van der Waals surface area contributed by atoms with Crippen LogP contribution in [0.3, 0.4) is 0 Å². The van der Waals surface area contributed by atoms with Crippen molar-refractivity contribution in [3.05, 3.63) is 59.7 Å². The van der Waals surface area contributed by atoms with E-state index in [0.29, 0.717) is 0 Å². The number of carbonyl (C=O) groups is 4. The van der Waals surface area contributed by atoms with E-state index in [-0.39, 0.29) is 34.7 Å². The maximum Gasteiger partial charge on any atom is 0.415 e. The molecule has 2 amide bonds. The maximum atomic E-state index is 12.5. The first-order chi connectivity index (χ1) is 16.0. The van der Waals surface area contributed by atoms with Crippen LogP contribution in [0.5, 0.6) is 11.5 Å². The van der Waals surface area contributed by atoms with E-state index in [1.54, 1.807) is 53.9 Å². The molecule has 2 aromatic rings. The molecule has 2 aromatic carbocycles. The molecule has 0 aliphatic carbocycles. The van der Waals surface area contributed by atoms with Gasteiger partial charge in [-0.25, -0.2) is 29.0 Å². The van der Waals surface area contributed by atoms with Crippen LogP contribution < -0.4 is 9.47 Å². The Morgan fingerprint density at radius 2 is 0.941 bits per heavy atom. The number of ether oxygens (including phenoxy) is 2. The number of hydrogen-bond donors (Lipinski definition) is 0. The molecule has 0 heterocycles. The van der Waals surface area contributed by atoms with Gasteiger partial charge >= 0.3 is 24.1 Å². The van der Waals surface area contributed by atoms with E-state index >= 15 is 0 Å². The molecule has 0 aliphatic rings. The molecule has 0 radical (unpaired) electrons. The lowest BCUT2D eigenvalue weighted by molar-refractivity contribution is -0.187. The summed E-state index contributed by atoms with van der Waals surface area (Å²) in [7, 11) is 3.11. The molecular formula is C24H28N2O8. The van der Waals surface area contributed by atoms with Gasteiger partial charge in [-0.1, -0.05) is 24.3 Å². The summed E-state index contributed by atoms with van der Waals surface area (Å²) < 4.78 is 10.5. The Morgan fingerprint density at radius 3 is 1.26 bits per heavy atom. The molecule has 34 heavy (non-hydrogen) atoms. The van der Waals surface area contributed by atoms with Crippen LogP contribution in [0.25, 0.3) is 0 Å². The highest BCUT2D eigenvalue weighted by Crippen LogP contribution is 2.23. The zero-order chi connectivity index (χ0) is 25.4. The van der Waals surface area contributed by atoms with Crippen molar-refractivity contribution in [3.63, 3.8) is 0 Å². The molecule has 0 aromatic heterocycles. The molecule has 182 valence electrons. The number of rotatable bonds is 6. The summed E-state index contributed by atoms with van der Waals surface area (Å²) in [6.07, 6.45) is -1.34. The highest BCUT2D eigenvalue weighted by Gasteiger charge is 2.24. The second-order valence-electron chi connectivity index (χ2n) is 7.88. The standard InChI is InChI=1S/C24H28N2O8/c1-15(2)25(5)23(29)31-19-13-9-7-11-17(19)21(27)33-34-22(28)18-12-8-10-14-20(18)32-24(30)26(6)16(3)4/h7-16H,1-6H3. The predicted molar refractivity (Wildman–Crippen MR) is 122 cm³/mol. The van der Waals surface area contributed by atoms with Crippen LogP contribution in [0.15, 0.2) is 48.5 Å². The number of benzene rings is 2. The van der Waals surface area contributed by atoms with Crippen LogP contribution in [-0.4, -0.2) is 60.1 Å². The van der Waals surface area contributed by atoms with Crippen molar-refractivity contribution in [2.24, 2.45) is 0 Å². The molecule has 0 saturated carbocycles. The monoisotopic (exact) mass is 472 g/mol. The molecule has 0 bridgehead atoms. The molecule has 0 fully saturated rings. The lowest BCUT2D eigenvalue weighted by Gasteiger charge is -2.21. The Balaban J connectivity index is 2.10. The Labute approximate surface area is 197 Å². The minimum Gasteiger partial charge on any atom is -0.409 e. The van der Waals surface area contributed by atoms with Gasteiger partial charge in [-0.15, -0.1) is 0 Å². The summed E-state index contributed by atoms with van der Waals surface area (Å²) in [5.74, 6) is -2.24. The molecule has 10 heteroatoms. The molecule has 0 N–H and O–H groups in total. The average molecular weight is 472 g/mol. The summed E-state index contributed by atoms with van der Waals surface area (Å²) in [5, 5.41) is 0. The summed E-state index contributed by atoms with van der Waals surface area (Å²) in [4.78, 5) is 61.5. The molecule has 0 spiro atoms. The highest BCUT2D eigenvalue weighted by molar-refractivity contribution is 5.96. The minimum atomic E-state index is -1.06. The Morgan fingerprint density at radius 1 is 0.618 bits per heavy atom. The van der Waals surface area contributed by atoms with Gasteiger partial charge < -0.3 is 19.3 Å². The van der Waals surface area contributed by atoms with E-state index in [9.17, 15) is 19.2 Å². The first kappa shape index (κ1) is 26.2. The van der Waals surface area contributed by atoms with Gasteiger partial charge in [-0.05, 0) is 52.0 Å². The van der Waals surface area contributed by atoms with Gasteiger partial charge in [0.1, 0.15) is 22.6 Å². The quantitative estimate of drug-likeness (QED) is 0.452. The van der Waals surface area contributed by atoms with E-state index in [0.717, 1.165) is 0 Å². The number of hydrogen-bond acceptors (Lipinski definition) is 8. The number of amides is 2. The van der Waals surface area contributed by atoms with E-state index in [4.69, 9.17) is 9.47 Å². The van der Waals surface area contributed by atoms with Crippen molar-refractivity contribution in [3.8, 4) is 11.5 Å². The second kappa shape index (κ2) is 11.7. The molecule has 0 saturated heterocycles. The third-order valence-electron chi connectivity index (χ3n) is 4.93. The Bertz CT molecular complexity index is 967. The van der Waals surface area contributed by atoms with Gasteiger partial charge in [-0.2, -0.15) is 0 Å². The Kier molecular flexibility index (Phi) is 9.00. The normalized spacial score (nSPS) is 10.5. The van der Waals surface area contributed by atoms with Crippen LogP contribution in [0.4, 0.5) is 9.59 Å². The molecule has 0 atom stereocenters. The van der Waals surface area contributed by atoms with Crippen LogP contribution >= 0.6 is 0 Å². The van der Waals surface area contributed by atoms with Crippen LogP contribution in [0.2, 0.25) is 0 Å². The Hall–Kier alpha value is -4.08. The molecule has 0 aliphatic heterocycles. The van der Waals surface area contributed by atoms with Gasteiger partial charge in [0.25, 0.3) is 0 Å². The third-order valence-corrected chi connectivity index (χ3v) is 4.93. The molecule has 2 rings (SSSR count). The minimum absolute atomic E-state index is 0.0629. The lowest BCUT2D eigenvalue weighted by atomic mass is 10.2. The van der Waals surface area contributed by atoms with E-state index in [2.05, 4.69) is 9.78 Å². The zero-order valence-corrected chi connectivity index (χ0v) is 19.9. The van der Waals surface area contributed by atoms with Gasteiger partial charge in [-0.3, -0.25) is 0 Å². The fourth-order valence-corrected chi connectivity index (χ4v) is 2.37. The summed E-state index contributed by atoms with van der Waals surface area (Å²) >= 11 is 0. The fraction of sp³-hybridized carbons (Fsp3) is 0.333. The van der Waals surface area contributed by atoms with Gasteiger partial charge in [0.15, 0.2) is 0 Å². The number of nitrogens with zero attached hydrogens (tertiary/aromatic N) is 2. The smallest absolute Gasteiger partial charge is 0.409 e. The van der Waals surface area contributed by atoms with E-state index < -0.39 is 24.1 Å². The molecule has 0 unspecified atom stereocenters. The van der Waals surface area contributed by atoms with Crippen molar-refractivity contribution in [2.45, 2.75) is 39.8 Å². The fourth-order valence-electron chi connectivity index (χ4n) is 2.37. The topological polar surface area (TPSA) is 112 Å². The third kappa shape index (κ3) is 6.71. The number of para-hydroxylation sites is 2. The van der Waals surface area contributed by atoms with Crippen molar-refractivity contribution in [2.75, 3.05) is 14.1 Å². The van der Waals surface area contributed by atoms with Crippen molar-refractivity contribution < 1.29 is 38.4 Å². The van der Waals surface area contributed by atoms with E-state index in [1.165, 1.54) is 46.2 Å². The van der Waals surface area contributed by atoms with Crippen LogP contribution in [0, 0.1) is 0 Å². The number of carbonyl (C=O) groups excluding carboxylic acids is 4. The molecular weight excluding hydrogens is 444 g/mol. The van der Waals surface area contributed by atoms with E-state index in [1.807, 2.05) is 0 Å². The van der Waals surface area contributed by atoms with Gasteiger partial charge in [0.2, 0.25) is 0 Å². The van der Waals surface area contributed by atoms with Gasteiger partial charge in [0.05, 0.1) is 0 Å². The van der Waals surface area contributed by atoms with Crippen molar-refractivity contribution >= 4 is 24.1 Å². The first-order valence-corrected chi connectivity index (χ1v) is 10.5. The maximum absolute atomic E-state index is 12.5. The average Bonchev–Trinajstić information content (AvgIpc) is 2.81. The SMILES string of the molecule is CC(C)N(C)C(=O)Oc1ccccc1C(=O)OOC(=O)c1ccccc1OC(=O)N(C)C(C)C. The lowest BCUT2D eigenvalue weighted by Crippen LogP contribution is -2.35. The van der Waals surface area contributed by atoms with Crippen molar-refractivity contribution in [1.29, 1.82) is 0 Å². The first-order valence-electron chi connectivity index (χ1n) is 10.5. The predicted octanol–water partition coefficient (Wildman–Crippen LogP) is 4.29.